The Hall–Kier alpha value is -2.85. The third-order valence-corrected chi connectivity index (χ3v) is 3.73. The lowest BCUT2D eigenvalue weighted by atomic mass is 9.99. The van der Waals surface area contributed by atoms with E-state index in [0.717, 1.165) is 11.1 Å². The summed E-state index contributed by atoms with van der Waals surface area (Å²) in [4.78, 5) is 16.4. The first-order chi connectivity index (χ1) is 11.7. The summed E-state index contributed by atoms with van der Waals surface area (Å²) in [5.41, 5.74) is 2.01. The number of rotatable bonds is 4. The van der Waals surface area contributed by atoms with Crippen molar-refractivity contribution in [3.8, 4) is 0 Å². The molecule has 0 aliphatic carbocycles. The summed E-state index contributed by atoms with van der Waals surface area (Å²) in [7, 11) is 0. The van der Waals surface area contributed by atoms with Crippen LogP contribution in [-0.4, -0.2) is 11.0 Å². The zero-order valence-electron chi connectivity index (χ0n) is 12.8. The maximum Gasteiger partial charge on any atom is 0.321 e. The van der Waals surface area contributed by atoms with E-state index in [4.69, 9.17) is 11.6 Å². The average Bonchev–Trinajstić information content (AvgIpc) is 2.63. The molecule has 0 fully saturated rings. The van der Waals surface area contributed by atoms with Crippen LogP contribution in [0.25, 0.3) is 0 Å². The second-order valence-corrected chi connectivity index (χ2v) is 5.65. The van der Waals surface area contributed by atoms with Gasteiger partial charge >= 0.3 is 6.03 Å². The van der Waals surface area contributed by atoms with Crippen molar-refractivity contribution in [2.24, 2.45) is 0 Å². The van der Waals surface area contributed by atoms with Crippen LogP contribution in [0, 0.1) is 0 Å². The number of nitrogens with zero attached hydrogens (tertiary/aromatic N) is 1. The molecule has 0 aliphatic heterocycles. The largest absolute Gasteiger partial charge is 0.327 e. The van der Waals surface area contributed by atoms with E-state index in [0.29, 0.717) is 10.8 Å². The molecule has 1 heterocycles. The fraction of sp³-hybridized carbons (Fsp3) is 0.0526. The molecule has 2 aromatic carbocycles. The predicted octanol–water partition coefficient (Wildman–Crippen LogP) is 4.65. The molecule has 2 N–H and O–H groups in total. The normalized spacial score (nSPS) is 10.4. The quantitative estimate of drug-likeness (QED) is 0.728. The van der Waals surface area contributed by atoms with Crippen LogP contribution in [0.4, 0.5) is 10.6 Å². The van der Waals surface area contributed by atoms with Gasteiger partial charge in [0.1, 0.15) is 5.82 Å². The molecule has 0 saturated carbocycles. The van der Waals surface area contributed by atoms with Crippen LogP contribution in [0.1, 0.15) is 17.2 Å². The molecule has 24 heavy (non-hydrogen) atoms. The standard InChI is InChI=1S/C19H16ClN3O/c20-16-11-12-17(21-13-16)22-19(24)23-18(14-7-3-1-4-8-14)15-9-5-2-6-10-15/h1-13,18H,(H2,21,22,23,24). The number of carbonyl (C=O) groups is 1. The Kier molecular flexibility index (Phi) is 5.08. The topological polar surface area (TPSA) is 54.0 Å². The molecule has 1 aromatic heterocycles. The summed E-state index contributed by atoms with van der Waals surface area (Å²) < 4.78 is 0. The molecule has 2 amide bonds. The fourth-order valence-corrected chi connectivity index (χ4v) is 2.50. The van der Waals surface area contributed by atoms with Crippen LogP contribution >= 0.6 is 11.6 Å². The molecule has 3 rings (SSSR count). The second-order valence-electron chi connectivity index (χ2n) is 5.21. The van der Waals surface area contributed by atoms with Crippen LogP contribution in [0.3, 0.4) is 0 Å². The molecule has 0 aliphatic rings. The van der Waals surface area contributed by atoms with E-state index in [2.05, 4.69) is 15.6 Å². The minimum atomic E-state index is -0.331. The van der Waals surface area contributed by atoms with Crippen molar-refractivity contribution in [3.05, 3.63) is 95.1 Å². The smallest absolute Gasteiger partial charge is 0.321 e. The zero-order valence-corrected chi connectivity index (χ0v) is 13.6. The fourth-order valence-electron chi connectivity index (χ4n) is 2.38. The third-order valence-electron chi connectivity index (χ3n) is 3.51. The highest BCUT2D eigenvalue weighted by atomic mass is 35.5. The Morgan fingerprint density at radius 2 is 1.46 bits per heavy atom. The van der Waals surface area contributed by atoms with Gasteiger partial charge in [0.05, 0.1) is 11.1 Å². The van der Waals surface area contributed by atoms with Gasteiger partial charge in [-0.15, -0.1) is 0 Å². The number of carbonyl (C=O) groups excluding carboxylic acids is 1. The first-order valence-electron chi connectivity index (χ1n) is 7.51. The molecule has 0 spiro atoms. The maximum atomic E-state index is 12.4. The number of nitrogens with one attached hydrogen (secondary N) is 2. The molecule has 120 valence electrons. The van der Waals surface area contributed by atoms with Crippen molar-refractivity contribution in [1.29, 1.82) is 0 Å². The van der Waals surface area contributed by atoms with Crippen LogP contribution in [0.2, 0.25) is 5.02 Å². The lowest BCUT2D eigenvalue weighted by Gasteiger charge is -2.20. The SMILES string of the molecule is O=C(Nc1ccc(Cl)cn1)NC(c1ccccc1)c1ccccc1. The van der Waals surface area contributed by atoms with Gasteiger partial charge in [-0.05, 0) is 23.3 Å². The second kappa shape index (κ2) is 7.62. The van der Waals surface area contributed by atoms with Crippen LogP contribution in [0.15, 0.2) is 79.0 Å². The zero-order chi connectivity index (χ0) is 16.8. The maximum absolute atomic E-state index is 12.4. The Labute approximate surface area is 145 Å². The van der Waals surface area contributed by atoms with Crippen molar-refractivity contribution < 1.29 is 4.79 Å². The third kappa shape index (κ3) is 4.12. The van der Waals surface area contributed by atoms with E-state index in [1.807, 2.05) is 60.7 Å². The Bertz CT molecular complexity index is 752. The highest BCUT2D eigenvalue weighted by molar-refractivity contribution is 6.30. The lowest BCUT2D eigenvalue weighted by molar-refractivity contribution is 0.250. The number of hydrogen-bond donors (Lipinski definition) is 2. The first-order valence-corrected chi connectivity index (χ1v) is 7.89. The van der Waals surface area contributed by atoms with Gasteiger partial charge in [-0.25, -0.2) is 9.78 Å². The van der Waals surface area contributed by atoms with Gasteiger partial charge in [0.25, 0.3) is 0 Å². The number of amides is 2. The summed E-state index contributed by atoms with van der Waals surface area (Å²) in [6.07, 6.45) is 1.49. The Morgan fingerprint density at radius 1 is 0.875 bits per heavy atom. The number of aromatic nitrogens is 1. The van der Waals surface area contributed by atoms with E-state index >= 15 is 0 Å². The van der Waals surface area contributed by atoms with Gasteiger partial charge in [0.15, 0.2) is 0 Å². The van der Waals surface area contributed by atoms with Gasteiger partial charge in [-0.1, -0.05) is 72.3 Å². The van der Waals surface area contributed by atoms with Crippen molar-refractivity contribution in [3.63, 3.8) is 0 Å². The highest BCUT2D eigenvalue weighted by Crippen LogP contribution is 2.22. The summed E-state index contributed by atoms with van der Waals surface area (Å²) in [6, 6.07) is 22.4. The summed E-state index contributed by atoms with van der Waals surface area (Å²) >= 11 is 5.80. The lowest BCUT2D eigenvalue weighted by Crippen LogP contribution is -2.33. The molecule has 0 radical (unpaired) electrons. The number of halogens is 1. The number of anilines is 1. The Balaban J connectivity index is 1.79. The van der Waals surface area contributed by atoms with E-state index in [9.17, 15) is 4.79 Å². The number of benzene rings is 2. The minimum absolute atomic E-state index is 0.250. The van der Waals surface area contributed by atoms with Gasteiger partial charge in [-0.2, -0.15) is 0 Å². The molecular weight excluding hydrogens is 322 g/mol. The summed E-state index contributed by atoms with van der Waals surface area (Å²) in [6.45, 7) is 0. The summed E-state index contributed by atoms with van der Waals surface area (Å²) in [5.74, 6) is 0.441. The van der Waals surface area contributed by atoms with Crippen LogP contribution in [-0.2, 0) is 0 Å². The molecular formula is C19H16ClN3O. The molecule has 0 bridgehead atoms. The van der Waals surface area contributed by atoms with Crippen molar-refractivity contribution in [2.75, 3.05) is 5.32 Å². The number of urea groups is 1. The molecule has 0 saturated heterocycles. The van der Waals surface area contributed by atoms with Crippen LogP contribution < -0.4 is 10.6 Å². The summed E-state index contributed by atoms with van der Waals surface area (Å²) in [5, 5.41) is 6.23. The van der Waals surface area contributed by atoms with Crippen molar-refractivity contribution >= 4 is 23.4 Å². The van der Waals surface area contributed by atoms with Gasteiger partial charge in [0, 0.05) is 6.20 Å². The first kappa shape index (κ1) is 16.0. The van der Waals surface area contributed by atoms with E-state index in [-0.39, 0.29) is 12.1 Å². The van der Waals surface area contributed by atoms with Crippen molar-refractivity contribution in [1.82, 2.24) is 10.3 Å². The van der Waals surface area contributed by atoms with Gasteiger partial charge in [-0.3, -0.25) is 5.32 Å². The molecule has 5 heteroatoms. The van der Waals surface area contributed by atoms with E-state index < -0.39 is 0 Å². The average molecular weight is 338 g/mol. The monoisotopic (exact) mass is 337 g/mol. The van der Waals surface area contributed by atoms with Crippen molar-refractivity contribution in [2.45, 2.75) is 6.04 Å². The van der Waals surface area contributed by atoms with Gasteiger partial charge in [0.2, 0.25) is 0 Å². The van der Waals surface area contributed by atoms with E-state index in [1.54, 1.807) is 12.1 Å². The minimum Gasteiger partial charge on any atom is -0.327 e. The molecule has 0 unspecified atom stereocenters. The van der Waals surface area contributed by atoms with Gasteiger partial charge < -0.3 is 5.32 Å². The molecule has 3 aromatic rings. The van der Waals surface area contributed by atoms with E-state index in [1.165, 1.54) is 6.20 Å². The highest BCUT2D eigenvalue weighted by Gasteiger charge is 2.16. The molecule has 0 atom stereocenters. The number of hydrogen-bond acceptors (Lipinski definition) is 2. The molecule has 4 nitrogen and oxygen atoms in total. The Morgan fingerprint density at radius 3 is 1.96 bits per heavy atom. The predicted molar refractivity (Wildman–Crippen MR) is 96.1 cm³/mol. The van der Waals surface area contributed by atoms with Crippen LogP contribution in [0.5, 0.6) is 0 Å². The number of pyridine rings is 1.